The SMILES string of the molecule is Cc1cc(C)c(C(=O)N2CCC3(CC2)CC3C(=O)NCc2cccc(C(F)(F)F)c2)[nH]1. The zero-order valence-corrected chi connectivity index (χ0v) is 17.6. The van der Waals surface area contributed by atoms with Crippen LogP contribution in [0.5, 0.6) is 0 Å². The molecule has 1 aliphatic carbocycles. The third-order valence-electron chi connectivity index (χ3n) is 6.64. The Labute approximate surface area is 179 Å². The average Bonchev–Trinajstić information content (AvgIpc) is 3.31. The smallest absolute Gasteiger partial charge is 0.354 e. The molecule has 2 aromatic rings. The number of hydrogen-bond donors (Lipinski definition) is 2. The lowest BCUT2D eigenvalue weighted by molar-refractivity contribution is -0.137. The van der Waals surface area contributed by atoms with Gasteiger partial charge in [-0.15, -0.1) is 0 Å². The second kappa shape index (κ2) is 7.73. The van der Waals surface area contributed by atoms with Crippen LogP contribution in [0.25, 0.3) is 0 Å². The van der Waals surface area contributed by atoms with E-state index in [2.05, 4.69) is 10.3 Å². The van der Waals surface area contributed by atoms with E-state index < -0.39 is 11.7 Å². The van der Waals surface area contributed by atoms with Crippen molar-refractivity contribution in [3.05, 3.63) is 58.4 Å². The summed E-state index contributed by atoms with van der Waals surface area (Å²) < 4.78 is 38.5. The fourth-order valence-electron chi connectivity index (χ4n) is 4.71. The molecular weight excluding hydrogens is 407 g/mol. The monoisotopic (exact) mass is 433 g/mol. The van der Waals surface area contributed by atoms with Crippen LogP contribution < -0.4 is 5.32 Å². The summed E-state index contributed by atoms with van der Waals surface area (Å²) in [6.07, 6.45) is -2.11. The first-order chi connectivity index (χ1) is 14.6. The molecule has 2 fully saturated rings. The molecule has 2 amide bonds. The molecule has 1 aromatic carbocycles. The molecule has 1 saturated carbocycles. The van der Waals surface area contributed by atoms with Gasteiger partial charge in [-0.3, -0.25) is 9.59 Å². The molecule has 1 aromatic heterocycles. The van der Waals surface area contributed by atoms with Crippen LogP contribution >= 0.6 is 0 Å². The number of rotatable bonds is 4. The first-order valence-electron chi connectivity index (χ1n) is 10.5. The molecule has 166 valence electrons. The minimum absolute atomic E-state index is 0.00773. The van der Waals surface area contributed by atoms with Crippen LogP contribution in [0.4, 0.5) is 13.2 Å². The van der Waals surface area contributed by atoms with Gasteiger partial charge in [-0.25, -0.2) is 0 Å². The fourth-order valence-corrected chi connectivity index (χ4v) is 4.71. The number of halogens is 3. The molecule has 2 aliphatic rings. The Morgan fingerprint density at radius 3 is 2.52 bits per heavy atom. The van der Waals surface area contributed by atoms with Gasteiger partial charge >= 0.3 is 6.18 Å². The molecular formula is C23H26F3N3O2. The largest absolute Gasteiger partial charge is 0.416 e. The normalized spacial score (nSPS) is 20.0. The number of aromatic amines is 1. The minimum Gasteiger partial charge on any atom is -0.354 e. The second-order valence-electron chi connectivity index (χ2n) is 8.84. The molecule has 5 nitrogen and oxygen atoms in total. The van der Waals surface area contributed by atoms with Crippen molar-refractivity contribution in [2.24, 2.45) is 11.3 Å². The zero-order valence-electron chi connectivity index (χ0n) is 17.6. The Hall–Kier alpha value is -2.77. The van der Waals surface area contributed by atoms with Gasteiger partial charge in [0.2, 0.25) is 5.91 Å². The van der Waals surface area contributed by atoms with Gasteiger partial charge in [-0.1, -0.05) is 12.1 Å². The van der Waals surface area contributed by atoms with Crippen molar-refractivity contribution >= 4 is 11.8 Å². The summed E-state index contributed by atoms with van der Waals surface area (Å²) in [6.45, 7) is 5.11. The van der Waals surface area contributed by atoms with Crippen LogP contribution in [0, 0.1) is 25.2 Å². The van der Waals surface area contributed by atoms with Crippen LogP contribution in [0.15, 0.2) is 30.3 Å². The van der Waals surface area contributed by atoms with Crippen LogP contribution in [-0.2, 0) is 17.5 Å². The number of nitrogens with one attached hydrogen (secondary N) is 2. The van der Waals surface area contributed by atoms with Gasteiger partial charge in [0.1, 0.15) is 5.69 Å². The van der Waals surface area contributed by atoms with Crippen molar-refractivity contribution in [2.45, 2.75) is 45.8 Å². The fraction of sp³-hybridized carbons (Fsp3) is 0.478. The number of benzene rings is 1. The molecule has 1 unspecified atom stereocenters. The number of aromatic nitrogens is 1. The van der Waals surface area contributed by atoms with E-state index in [1.807, 2.05) is 24.8 Å². The van der Waals surface area contributed by atoms with E-state index in [1.54, 1.807) is 6.07 Å². The zero-order chi connectivity index (χ0) is 22.4. The van der Waals surface area contributed by atoms with Gasteiger partial charge in [0.15, 0.2) is 0 Å². The Balaban J connectivity index is 1.30. The van der Waals surface area contributed by atoms with Crippen molar-refractivity contribution in [1.29, 1.82) is 0 Å². The molecule has 4 rings (SSSR count). The van der Waals surface area contributed by atoms with Crippen molar-refractivity contribution in [3.63, 3.8) is 0 Å². The number of hydrogen-bond acceptors (Lipinski definition) is 2. The van der Waals surface area contributed by atoms with Gasteiger partial charge in [0.25, 0.3) is 5.91 Å². The van der Waals surface area contributed by atoms with E-state index in [9.17, 15) is 22.8 Å². The molecule has 2 heterocycles. The summed E-state index contributed by atoms with van der Waals surface area (Å²) in [7, 11) is 0. The third-order valence-corrected chi connectivity index (χ3v) is 6.64. The summed E-state index contributed by atoms with van der Waals surface area (Å²) in [5, 5.41) is 2.79. The number of alkyl halides is 3. The molecule has 1 saturated heterocycles. The van der Waals surface area contributed by atoms with E-state index in [0.717, 1.165) is 42.7 Å². The summed E-state index contributed by atoms with van der Waals surface area (Å²) in [4.78, 5) is 30.3. The Kier molecular flexibility index (Phi) is 5.35. The van der Waals surface area contributed by atoms with Crippen LogP contribution in [0.1, 0.15) is 52.1 Å². The van der Waals surface area contributed by atoms with E-state index in [1.165, 1.54) is 6.07 Å². The molecule has 1 aliphatic heterocycles. The van der Waals surface area contributed by atoms with Crippen LogP contribution in [0.3, 0.4) is 0 Å². The number of amides is 2. The predicted octanol–water partition coefficient (Wildman–Crippen LogP) is 4.21. The number of H-pyrrole nitrogens is 1. The number of carbonyl (C=O) groups excluding carboxylic acids is 2. The Bertz CT molecular complexity index is 1000. The number of carbonyl (C=O) groups is 2. The lowest BCUT2D eigenvalue weighted by atomic mass is 9.90. The number of aryl methyl sites for hydroxylation is 2. The maximum Gasteiger partial charge on any atom is 0.416 e. The van der Waals surface area contributed by atoms with Gasteiger partial charge < -0.3 is 15.2 Å². The lowest BCUT2D eigenvalue weighted by Gasteiger charge is -2.32. The molecule has 2 N–H and O–H groups in total. The van der Waals surface area contributed by atoms with Crippen LogP contribution in [0.2, 0.25) is 0 Å². The molecule has 8 heteroatoms. The molecule has 31 heavy (non-hydrogen) atoms. The van der Waals surface area contributed by atoms with Crippen molar-refractivity contribution in [1.82, 2.24) is 15.2 Å². The highest BCUT2D eigenvalue weighted by molar-refractivity contribution is 5.94. The topological polar surface area (TPSA) is 65.2 Å². The van der Waals surface area contributed by atoms with E-state index in [-0.39, 0.29) is 29.7 Å². The maximum atomic E-state index is 12.8. The van der Waals surface area contributed by atoms with Crippen molar-refractivity contribution < 1.29 is 22.8 Å². The molecule has 0 bridgehead atoms. The summed E-state index contributed by atoms with van der Waals surface area (Å²) in [5.74, 6) is -0.260. The Morgan fingerprint density at radius 1 is 1.19 bits per heavy atom. The highest BCUT2D eigenvalue weighted by atomic mass is 19.4. The lowest BCUT2D eigenvalue weighted by Crippen LogP contribution is -2.41. The van der Waals surface area contributed by atoms with Gasteiger partial charge in [0.05, 0.1) is 5.56 Å². The minimum atomic E-state index is -4.40. The second-order valence-corrected chi connectivity index (χ2v) is 8.84. The number of likely N-dealkylation sites (tertiary alicyclic amines) is 1. The number of nitrogens with zero attached hydrogens (tertiary/aromatic N) is 1. The van der Waals surface area contributed by atoms with Crippen molar-refractivity contribution in [2.75, 3.05) is 13.1 Å². The standard InChI is InChI=1S/C23H26F3N3O2/c1-14-10-15(2)28-19(14)21(31)29-8-6-22(7-9-29)12-18(22)20(30)27-13-16-4-3-5-17(11-16)23(24,25)26/h3-5,10-11,18,28H,6-9,12-13H2,1-2H3,(H,27,30). The first-order valence-corrected chi connectivity index (χ1v) is 10.5. The van der Waals surface area contributed by atoms with Gasteiger partial charge in [0, 0.05) is 31.2 Å². The van der Waals surface area contributed by atoms with E-state index in [0.29, 0.717) is 24.3 Å². The summed E-state index contributed by atoms with van der Waals surface area (Å²) >= 11 is 0. The van der Waals surface area contributed by atoms with Gasteiger partial charge in [-0.05, 0) is 67.9 Å². The highest BCUT2D eigenvalue weighted by Gasteiger charge is 2.58. The summed E-state index contributed by atoms with van der Waals surface area (Å²) in [5.41, 5.74) is 2.13. The number of piperidine rings is 1. The van der Waals surface area contributed by atoms with Crippen molar-refractivity contribution in [3.8, 4) is 0 Å². The van der Waals surface area contributed by atoms with Gasteiger partial charge in [-0.2, -0.15) is 13.2 Å². The first kappa shape index (κ1) is 21.5. The molecule has 1 spiro atoms. The quantitative estimate of drug-likeness (QED) is 0.759. The van der Waals surface area contributed by atoms with E-state index >= 15 is 0 Å². The average molecular weight is 433 g/mol. The molecule has 0 radical (unpaired) electrons. The van der Waals surface area contributed by atoms with Crippen LogP contribution in [-0.4, -0.2) is 34.8 Å². The predicted molar refractivity (Wildman–Crippen MR) is 109 cm³/mol. The highest BCUT2D eigenvalue weighted by Crippen LogP contribution is 2.59. The Morgan fingerprint density at radius 2 is 1.90 bits per heavy atom. The third kappa shape index (κ3) is 4.34. The summed E-state index contributed by atoms with van der Waals surface area (Å²) in [6, 6.07) is 6.96. The van der Waals surface area contributed by atoms with E-state index in [4.69, 9.17) is 0 Å². The molecule has 1 atom stereocenters. The maximum absolute atomic E-state index is 12.8.